The maximum Gasteiger partial charge on any atom is 0.338 e. The van der Waals surface area contributed by atoms with E-state index >= 15 is 9.59 Å². The van der Waals surface area contributed by atoms with Gasteiger partial charge < -0.3 is 14.2 Å². The highest BCUT2D eigenvalue weighted by atomic mass is 16.6. The first kappa shape index (κ1) is 37.0. The van der Waals surface area contributed by atoms with E-state index in [4.69, 9.17) is 14.2 Å². The van der Waals surface area contributed by atoms with Crippen molar-refractivity contribution in [3.8, 4) is 0 Å². The number of ether oxygens (including phenoxy) is 3. The molecule has 30 aromatic carbocycles. The number of hydrogen-bond donors (Lipinski definition) is 0. The van der Waals surface area contributed by atoms with E-state index in [9.17, 15) is 4.79 Å². The van der Waals surface area contributed by atoms with Crippen molar-refractivity contribution >= 4 is 309 Å². The first-order valence-electron chi connectivity index (χ1n) is 32.0. The molecule has 1 fully saturated rings. The Kier molecular flexibility index (Phi) is 3.93. The third kappa shape index (κ3) is 2.30. The Balaban J connectivity index is 0.831. The topological polar surface area (TPSA) is 78.9 Å². The quantitative estimate of drug-likeness (QED) is 0.0422. The van der Waals surface area contributed by atoms with Crippen molar-refractivity contribution in [3.05, 3.63) is 94.0 Å². The van der Waals surface area contributed by atoms with Crippen molar-refractivity contribution in [2.45, 2.75) is 36.7 Å². The van der Waals surface area contributed by atoms with Gasteiger partial charge in [-0.25, -0.2) is 4.79 Å². The second kappa shape index (κ2) is 9.34. The smallest absolute Gasteiger partial charge is 0.338 e. The van der Waals surface area contributed by atoms with E-state index < -0.39 is 28.2 Å². The molecule has 386 valence electrons. The Hall–Kier alpha value is -10.7. The van der Waals surface area contributed by atoms with Crippen LogP contribution in [0.1, 0.15) is 57.4 Å². The molecule has 5 aliphatic carbocycles. The lowest BCUT2D eigenvalue weighted by Crippen LogP contribution is -2.38. The molecule has 0 unspecified atom stereocenters. The van der Waals surface area contributed by atoms with E-state index in [1.807, 2.05) is 48.5 Å². The summed E-state index contributed by atoms with van der Waals surface area (Å²) in [4.78, 5) is 48.2. The fourth-order valence-corrected chi connectivity index (χ4v) is 27.6. The maximum atomic E-state index is 17.6. The van der Waals surface area contributed by atoms with Gasteiger partial charge in [0.2, 0.25) is 0 Å². The van der Waals surface area contributed by atoms with Crippen LogP contribution in [0.2, 0.25) is 0 Å². The summed E-state index contributed by atoms with van der Waals surface area (Å²) in [5.41, 5.74) is 2.17. The number of benzene rings is 20. The van der Waals surface area contributed by atoms with Gasteiger partial charge in [-0.05, 0) is 350 Å². The Morgan fingerprint density at radius 2 is 0.477 bits per heavy atom. The molecule has 88 heavy (non-hydrogen) atoms. The third-order valence-corrected chi connectivity index (χ3v) is 28.5. The van der Waals surface area contributed by atoms with Gasteiger partial charge in [0.15, 0.2) is 5.41 Å². The highest BCUT2D eigenvalue weighted by Gasteiger charge is 3.01. The summed E-state index contributed by atoms with van der Waals surface area (Å²) in [6.45, 7) is 0.438. The largest absolute Gasteiger partial charge is 0.465 e. The predicted molar refractivity (Wildman–Crippen MR) is 354 cm³/mol. The predicted octanol–water partition coefficient (Wildman–Crippen LogP) is 19.6. The summed E-state index contributed by atoms with van der Waals surface area (Å²) in [5, 5.41) is 78.5. The molecule has 6 heteroatoms. The minimum atomic E-state index is -1.83. The van der Waals surface area contributed by atoms with Gasteiger partial charge >= 0.3 is 17.9 Å². The molecule has 35 rings (SSSR count). The van der Waals surface area contributed by atoms with E-state index in [-0.39, 0.29) is 25.8 Å². The first-order valence-corrected chi connectivity index (χ1v) is 32.0. The molecule has 30 aromatic rings. The van der Waals surface area contributed by atoms with Crippen LogP contribution in [-0.4, -0.2) is 31.1 Å². The molecule has 0 amide bonds. The van der Waals surface area contributed by atoms with Crippen LogP contribution < -0.4 is 0 Å². The van der Waals surface area contributed by atoms with Crippen molar-refractivity contribution in [1.82, 2.24) is 0 Å². The van der Waals surface area contributed by atoms with Gasteiger partial charge in [-0.1, -0.05) is 48.5 Å². The standard InChI is InChI=1S/C82H22O6/c83-77(18-12-6-2-7-13-18)86-14-8-3-9-15-87-78(84)82(79(85)88-16-17-10-4-1-5-11-17)80-73-65-57-47-37-29-21-19-20-23-27-25(21)33-41-35(27)45-39-31(23)32-24(20)28-26-22(19)30(29)38-44-34(26)42-36(28)46-40(32)50-49(39)59-53(45)63-55(41)61(51(57)43(33)37)69(73)71(63)75-67(59)68-60(50)54(46)64-56(42)62-52(44)58(48(38)47)66(65)74(80)70(62)72(64)76(68)81(75,80)82/h1-2,4-7,10-13H,3,8-9,14-16H2. The van der Waals surface area contributed by atoms with Crippen LogP contribution in [0, 0.1) is 5.41 Å². The lowest BCUT2D eigenvalue weighted by Gasteiger charge is -2.32. The number of esters is 3. The molecular weight excluding hydrogens is 1080 g/mol. The van der Waals surface area contributed by atoms with E-state index in [0.29, 0.717) is 24.8 Å². The number of unbranched alkanes of at least 4 members (excludes halogenated alkanes) is 2. The molecule has 2 spiro atoms. The average molecular weight is 1100 g/mol. The molecular formula is C82H22O6. The summed E-state index contributed by atoms with van der Waals surface area (Å²) in [6, 6.07) is 19.3. The van der Waals surface area contributed by atoms with Gasteiger partial charge in [0, 0.05) is 0 Å². The zero-order valence-electron chi connectivity index (χ0n) is 45.5. The SMILES string of the molecule is O=C(OCCCCCOC(=O)C1(C(=O)OCc2ccccc2)C23c4c5c6c7c8c9c(c%10c%11c2c2c4c4c%12c5c5c6c6c8c8c%13c9c9c%10c%10c%11c%11c2c2c4c4c%12c%12c5c5c6c8c6c8c%13c9c9c%10c%10c%11c2c2c4c4c%12c5c6c5c8c9c%10c2c45)C713)c1ccccc1. The van der Waals surface area contributed by atoms with Crippen molar-refractivity contribution in [2.75, 3.05) is 13.2 Å². The molecule has 0 N–H and O–H groups in total. The fourth-order valence-electron chi connectivity index (χ4n) is 27.6. The van der Waals surface area contributed by atoms with Crippen LogP contribution in [0.3, 0.4) is 0 Å². The number of rotatable bonds is 11. The molecule has 0 bridgehead atoms. The minimum absolute atomic E-state index is 0.0432. The highest BCUT2D eigenvalue weighted by Crippen LogP contribution is 2.96. The number of carbonyl (C=O) groups is 3. The second-order valence-electron chi connectivity index (χ2n) is 29.8. The Morgan fingerprint density at radius 1 is 0.250 bits per heavy atom. The monoisotopic (exact) mass is 1100 g/mol. The molecule has 0 atom stereocenters. The van der Waals surface area contributed by atoms with Crippen LogP contribution in [0.15, 0.2) is 60.7 Å². The normalized spacial score (nSPS) is 21.5. The minimum Gasteiger partial charge on any atom is -0.465 e. The second-order valence-corrected chi connectivity index (χ2v) is 29.8. The van der Waals surface area contributed by atoms with Gasteiger partial charge in [0.1, 0.15) is 6.61 Å². The summed E-state index contributed by atoms with van der Waals surface area (Å²) < 4.78 is 20.0. The van der Waals surface area contributed by atoms with Crippen LogP contribution in [0.25, 0.3) is 291 Å². The summed E-state index contributed by atoms with van der Waals surface area (Å²) >= 11 is 0. The molecule has 0 aromatic heterocycles. The van der Waals surface area contributed by atoms with Crippen LogP contribution in [0.4, 0.5) is 0 Å². The summed E-state index contributed by atoms with van der Waals surface area (Å²) in [7, 11) is 0. The molecule has 6 nitrogen and oxygen atoms in total. The van der Waals surface area contributed by atoms with Gasteiger partial charge in [-0.2, -0.15) is 0 Å². The Bertz CT molecular complexity index is 7690. The van der Waals surface area contributed by atoms with Crippen molar-refractivity contribution < 1.29 is 28.6 Å². The molecule has 0 radical (unpaired) electrons. The number of carbonyl (C=O) groups excluding carboxylic acids is 3. The van der Waals surface area contributed by atoms with Gasteiger partial charge in [0.05, 0.1) is 29.6 Å². The molecule has 1 saturated carbocycles. The van der Waals surface area contributed by atoms with Crippen LogP contribution in [0.5, 0.6) is 0 Å². The molecule has 0 heterocycles. The van der Waals surface area contributed by atoms with Crippen molar-refractivity contribution in [3.63, 3.8) is 0 Å². The van der Waals surface area contributed by atoms with Gasteiger partial charge in [0.25, 0.3) is 0 Å². The zero-order chi connectivity index (χ0) is 54.3. The lowest BCUT2D eigenvalue weighted by atomic mass is 9.68. The van der Waals surface area contributed by atoms with Crippen LogP contribution >= 0.6 is 0 Å². The molecule has 0 saturated heterocycles. The average Bonchev–Trinajstić information content (AvgIpc) is 1.35. The van der Waals surface area contributed by atoms with E-state index in [1.165, 1.54) is 302 Å². The van der Waals surface area contributed by atoms with Crippen LogP contribution in [-0.2, 0) is 41.2 Å². The Labute approximate surface area is 484 Å². The molecule has 5 aliphatic rings. The summed E-state index contributed by atoms with van der Waals surface area (Å²) in [6.07, 6.45) is 1.86. The van der Waals surface area contributed by atoms with Gasteiger partial charge in [-0.3, -0.25) is 9.59 Å². The van der Waals surface area contributed by atoms with Crippen molar-refractivity contribution in [1.29, 1.82) is 0 Å². The fraction of sp³-hybridized carbons (Fsp3) is 0.110. The van der Waals surface area contributed by atoms with E-state index in [1.54, 1.807) is 22.9 Å². The maximum absolute atomic E-state index is 17.6. The lowest BCUT2D eigenvalue weighted by molar-refractivity contribution is -0.167. The third-order valence-electron chi connectivity index (χ3n) is 28.5. The zero-order valence-corrected chi connectivity index (χ0v) is 45.5. The Morgan fingerprint density at radius 3 is 0.750 bits per heavy atom. The van der Waals surface area contributed by atoms with Crippen molar-refractivity contribution in [2.24, 2.45) is 5.41 Å². The highest BCUT2D eigenvalue weighted by molar-refractivity contribution is 6.82. The van der Waals surface area contributed by atoms with E-state index in [0.717, 1.165) is 5.56 Å². The number of hydrogen-bond acceptors (Lipinski definition) is 6. The first-order chi connectivity index (χ1) is 43.6. The summed E-state index contributed by atoms with van der Waals surface area (Å²) in [5.74, 6) is -1.24. The van der Waals surface area contributed by atoms with E-state index in [2.05, 4.69) is 0 Å². The van der Waals surface area contributed by atoms with Gasteiger partial charge in [-0.15, -0.1) is 0 Å². The molecule has 0 aliphatic heterocycles.